The topological polar surface area (TPSA) is 42.5 Å². The van der Waals surface area contributed by atoms with Gasteiger partial charge >= 0.3 is 6.36 Å². The minimum atomic E-state index is -4.71. The minimum absolute atomic E-state index is 0.160. The number of alkyl halides is 3. The highest BCUT2D eigenvalue weighted by molar-refractivity contribution is 5.41. The van der Waals surface area contributed by atoms with Crippen molar-refractivity contribution in [2.24, 2.45) is 0 Å². The maximum atomic E-state index is 12.6. The molecule has 2 aliphatic rings. The Labute approximate surface area is 168 Å². The number of benzene rings is 2. The van der Waals surface area contributed by atoms with Gasteiger partial charge < -0.3 is 20.1 Å². The lowest BCUT2D eigenvalue weighted by molar-refractivity contribution is -0.274. The zero-order chi connectivity index (χ0) is 20.3. The Hall–Kier alpha value is -2.25. The van der Waals surface area contributed by atoms with Crippen molar-refractivity contribution in [3.63, 3.8) is 0 Å². The van der Waals surface area contributed by atoms with Gasteiger partial charge in [0.05, 0.1) is 6.10 Å². The maximum absolute atomic E-state index is 12.6. The zero-order valence-electron chi connectivity index (χ0n) is 16.0. The Morgan fingerprint density at radius 3 is 2.55 bits per heavy atom. The lowest BCUT2D eigenvalue weighted by Gasteiger charge is -2.34. The van der Waals surface area contributed by atoms with Crippen LogP contribution in [0.1, 0.15) is 42.9 Å². The summed E-state index contributed by atoms with van der Waals surface area (Å²) in [5, 5.41) is 7.09. The van der Waals surface area contributed by atoms with E-state index in [0.29, 0.717) is 17.9 Å². The van der Waals surface area contributed by atoms with E-state index in [0.717, 1.165) is 32.2 Å². The third-order valence-corrected chi connectivity index (χ3v) is 5.26. The quantitative estimate of drug-likeness (QED) is 0.699. The fourth-order valence-corrected chi connectivity index (χ4v) is 3.73. The van der Waals surface area contributed by atoms with Crippen LogP contribution in [0.25, 0.3) is 0 Å². The number of ether oxygens (including phenoxy) is 2. The van der Waals surface area contributed by atoms with E-state index in [9.17, 15) is 13.2 Å². The normalized spacial score (nSPS) is 22.3. The highest BCUT2D eigenvalue weighted by atomic mass is 19.4. The third kappa shape index (κ3) is 5.64. The molecule has 1 saturated carbocycles. The number of nitrogens with one attached hydrogen (secondary N) is 2. The van der Waals surface area contributed by atoms with Crippen LogP contribution in [0.15, 0.2) is 48.5 Å². The zero-order valence-corrected chi connectivity index (χ0v) is 16.0. The van der Waals surface area contributed by atoms with Crippen molar-refractivity contribution < 1.29 is 22.6 Å². The minimum Gasteiger partial charge on any atom is -0.490 e. The van der Waals surface area contributed by atoms with Gasteiger partial charge in [-0.2, -0.15) is 0 Å². The first-order chi connectivity index (χ1) is 14.0. The summed E-state index contributed by atoms with van der Waals surface area (Å²) in [4.78, 5) is 0. The maximum Gasteiger partial charge on any atom is 0.573 e. The van der Waals surface area contributed by atoms with Crippen LogP contribution in [-0.4, -0.2) is 25.1 Å². The molecule has 156 valence electrons. The second kappa shape index (κ2) is 8.63. The lowest BCUT2D eigenvalue weighted by Crippen LogP contribution is -2.45. The van der Waals surface area contributed by atoms with Crippen LogP contribution in [-0.2, 0) is 6.54 Å². The van der Waals surface area contributed by atoms with Gasteiger partial charge in [0.1, 0.15) is 11.5 Å². The van der Waals surface area contributed by atoms with Crippen molar-refractivity contribution >= 4 is 0 Å². The molecule has 0 aromatic heterocycles. The SMILES string of the molecule is FC(F)(F)Oc1ccc(OC2CC2)c(CN[C@@H]2CCCN[C@@H]2c2ccccc2)c1. The molecule has 2 aromatic rings. The molecule has 0 bridgehead atoms. The average molecular weight is 406 g/mol. The van der Waals surface area contributed by atoms with Gasteiger partial charge in [-0.15, -0.1) is 13.2 Å². The summed E-state index contributed by atoms with van der Waals surface area (Å²) in [6.07, 6.45) is -0.549. The van der Waals surface area contributed by atoms with E-state index in [1.807, 2.05) is 18.2 Å². The van der Waals surface area contributed by atoms with Crippen molar-refractivity contribution in [3.05, 3.63) is 59.7 Å². The molecule has 2 N–H and O–H groups in total. The first kappa shape index (κ1) is 20.0. The number of halogens is 3. The molecule has 2 atom stereocenters. The van der Waals surface area contributed by atoms with Crippen LogP contribution in [0.3, 0.4) is 0 Å². The number of hydrogen-bond acceptors (Lipinski definition) is 4. The van der Waals surface area contributed by atoms with E-state index < -0.39 is 6.36 Å². The Morgan fingerprint density at radius 1 is 1.03 bits per heavy atom. The van der Waals surface area contributed by atoms with Crippen molar-refractivity contribution in [1.29, 1.82) is 0 Å². The second-order valence-electron chi connectivity index (χ2n) is 7.61. The Bertz CT molecular complexity index is 809. The van der Waals surface area contributed by atoms with Crippen LogP contribution in [0.5, 0.6) is 11.5 Å². The van der Waals surface area contributed by atoms with Crippen molar-refractivity contribution in [3.8, 4) is 11.5 Å². The molecule has 1 heterocycles. The third-order valence-electron chi connectivity index (χ3n) is 5.26. The fraction of sp³-hybridized carbons (Fsp3) is 0.455. The summed E-state index contributed by atoms with van der Waals surface area (Å²) in [7, 11) is 0. The molecule has 4 rings (SSSR count). The number of piperidine rings is 1. The van der Waals surface area contributed by atoms with Crippen molar-refractivity contribution in [2.75, 3.05) is 6.54 Å². The summed E-state index contributed by atoms with van der Waals surface area (Å²) < 4.78 is 47.9. The van der Waals surface area contributed by atoms with E-state index in [1.54, 1.807) is 6.07 Å². The van der Waals surface area contributed by atoms with Gasteiger partial charge in [-0.25, -0.2) is 0 Å². The highest BCUT2D eigenvalue weighted by Crippen LogP contribution is 2.33. The molecule has 0 amide bonds. The Morgan fingerprint density at radius 2 is 1.83 bits per heavy atom. The Balaban J connectivity index is 1.49. The molecule has 2 aromatic carbocycles. The summed E-state index contributed by atoms with van der Waals surface area (Å²) in [5.41, 5.74) is 1.88. The van der Waals surface area contributed by atoms with Gasteiger partial charge in [-0.05, 0) is 56.0 Å². The largest absolute Gasteiger partial charge is 0.573 e. The smallest absolute Gasteiger partial charge is 0.490 e. The fourth-order valence-electron chi connectivity index (χ4n) is 3.73. The standard InChI is InChI=1S/C22H25F3N2O2/c23-22(24,25)29-18-10-11-20(28-17-8-9-17)16(13-18)14-27-19-7-4-12-26-21(19)15-5-2-1-3-6-15/h1-3,5-6,10-11,13,17,19,21,26-27H,4,7-9,12,14H2/t19-,21-/m1/s1. The summed E-state index contributed by atoms with van der Waals surface area (Å²) in [6.45, 7) is 1.36. The van der Waals surface area contributed by atoms with E-state index in [-0.39, 0.29) is 23.9 Å². The lowest BCUT2D eigenvalue weighted by atomic mass is 9.92. The predicted octanol–water partition coefficient (Wildman–Crippen LogP) is 4.71. The van der Waals surface area contributed by atoms with Gasteiger partial charge in [-0.3, -0.25) is 0 Å². The van der Waals surface area contributed by atoms with Crippen LogP contribution in [0.2, 0.25) is 0 Å². The molecule has 1 aliphatic carbocycles. The van der Waals surface area contributed by atoms with Crippen LogP contribution < -0.4 is 20.1 Å². The molecule has 1 aliphatic heterocycles. The van der Waals surface area contributed by atoms with Crippen LogP contribution in [0, 0.1) is 0 Å². The van der Waals surface area contributed by atoms with E-state index >= 15 is 0 Å². The Kier molecular flexibility index (Phi) is 5.96. The van der Waals surface area contributed by atoms with Gasteiger partial charge in [0.2, 0.25) is 0 Å². The molecule has 29 heavy (non-hydrogen) atoms. The van der Waals surface area contributed by atoms with Crippen molar-refractivity contribution in [1.82, 2.24) is 10.6 Å². The van der Waals surface area contributed by atoms with E-state index in [1.165, 1.54) is 17.7 Å². The summed E-state index contributed by atoms with van der Waals surface area (Å²) in [6, 6.07) is 14.8. The molecule has 4 nitrogen and oxygen atoms in total. The molecular weight excluding hydrogens is 381 g/mol. The molecular formula is C22H25F3N2O2. The molecule has 7 heteroatoms. The number of rotatable bonds is 7. The van der Waals surface area contributed by atoms with E-state index in [4.69, 9.17) is 4.74 Å². The average Bonchev–Trinajstić information content (AvgIpc) is 3.52. The molecule has 1 saturated heterocycles. The molecule has 0 unspecified atom stereocenters. The number of hydrogen-bond donors (Lipinski definition) is 2. The monoisotopic (exact) mass is 406 g/mol. The van der Waals surface area contributed by atoms with Crippen LogP contribution in [0.4, 0.5) is 13.2 Å². The highest BCUT2D eigenvalue weighted by Gasteiger charge is 2.32. The molecule has 0 radical (unpaired) electrons. The van der Waals surface area contributed by atoms with Crippen molar-refractivity contribution in [2.45, 2.75) is 56.8 Å². The first-order valence-electron chi connectivity index (χ1n) is 10.0. The molecule has 2 fully saturated rings. The summed E-state index contributed by atoms with van der Waals surface area (Å²) >= 11 is 0. The summed E-state index contributed by atoms with van der Waals surface area (Å²) in [5.74, 6) is 0.397. The second-order valence-corrected chi connectivity index (χ2v) is 7.61. The predicted molar refractivity (Wildman–Crippen MR) is 104 cm³/mol. The van der Waals surface area contributed by atoms with Gasteiger partial charge in [0.15, 0.2) is 0 Å². The first-order valence-corrected chi connectivity index (χ1v) is 10.0. The van der Waals surface area contributed by atoms with E-state index in [2.05, 4.69) is 27.5 Å². The van der Waals surface area contributed by atoms with Crippen LogP contribution >= 0.6 is 0 Å². The van der Waals surface area contributed by atoms with Gasteiger partial charge in [0.25, 0.3) is 0 Å². The van der Waals surface area contributed by atoms with Gasteiger partial charge in [-0.1, -0.05) is 30.3 Å². The molecule has 0 spiro atoms. The van der Waals surface area contributed by atoms with Gasteiger partial charge in [0, 0.05) is 24.2 Å².